The van der Waals surface area contributed by atoms with Gasteiger partial charge in [-0.25, -0.2) is 9.97 Å². The van der Waals surface area contributed by atoms with Crippen LogP contribution in [0.25, 0.3) is 0 Å². The summed E-state index contributed by atoms with van der Waals surface area (Å²) in [5, 5.41) is 2.87. The lowest BCUT2D eigenvalue weighted by molar-refractivity contribution is 0.102. The van der Waals surface area contributed by atoms with Gasteiger partial charge in [0, 0.05) is 43.8 Å². The minimum absolute atomic E-state index is 0.220. The molecule has 1 aromatic carbocycles. The topological polar surface area (TPSA) is 61.4 Å². The summed E-state index contributed by atoms with van der Waals surface area (Å²) in [7, 11) is 2.14. The number of aryl methyl sites for hydroxylation is 1. The van der Waals surface area contributed by atoms with Gasteiger partial charge in [-0.3, -0.25) is 4.79 Å². The number of benzene rings is 1. The van der Waals surface area contributed by atoms with Crippen LogP contribution in [0.5, 0.6) is 0 Å². The van der Waals surface area contributed by atoms with E-state index in [1.54, 1.807) is 19.2 Å². The molecule has 0 atom stereocenters. The van der Waals surface area contributed by atoms with Gasteiger partial charge in [0.05, 0.1) is 0 Å². The van der Waals surface area contributed by atoms with Crippen molar-refractivity contribution < 1.29 is 4.79 Å². The average Bonchev–Trinajstić information content (AvgIpc) is 2.56. The Morgan fingerprint density at radius 3 is 2.43 bits per heavy atom. The van der Waals surface area contributed by atoms with Gasteiger partial charge < -0.3 is 15.1 Å². The maximum atomic E-state index is 12.2. The molecule has 0 radical (unpaired) electrons. The largest absolute Gasteiger partial charge is 0.369 e. The molecule has 6 nitrogen and oxygen atoms in total. The van der Waals surface area contributed by atoms with Crippen molar-refractivity contribution in [1.29, 1.82) is 0 Å². The minimum Gasteiger partial charge on any atom is -0.369 e. The minimum atomic E-state index is -0.220. The molecule has 6 heteroatoms. The highest BCUT2D eigenvalue weighted by atomic mass is 16.1. The Labute approximate surface area is 136 Å². The van der Waals surface area contributed by atoms with Crippen molar-refractivity contribution in [2.75, 3.05) is 43.4 Å². The fraction of sp³-hybridized carbons (Fsp3) is 0.353. The molecule has 1 amide bonds. The van der Waals surface area contributed by atoms with Gasteiger partial charge in [0.1, 0.15) is 11.5 Å². The van der Waals surface area contributed by atoms with Crippen LogP contribution in [-0.4, -0.2) is 54.0 Å². The summed E-state index contributed by atoms with van der Waals surface area (Å²) in [5.74, 6) is 0.367. The van der Waals surface area contributed by atoms with Crippen molar-refractivity contribution >= 4 is 17.3 Å². The zero-order valence-corrected chi connectivity index (χ0v) is 13.5. The molecule has 1 aromatic heterocycles. The maximum Gasteiger partial charge on any atom is 0.274 e. The van der Waals surface area contributed by atoms with Gasteiger partial charge in [-0.1, -0.05) is 0 Å². The van der Waals surface area contributed by atoms with Crippen molar-refractivity contribution in [3.05, 3.63) is 48.0 Å². The molecule has 1 aliphatic heterocycles. The van der Waals surface area contributed by atoms with Crippen LogP contribution in [-0.2, 0) is 0 Å². The van der Waals surface area contributed by atoms with Gasteiger partial charge in [-0.05, 0) is 44.3 Å². The summed E-state index contributed by atoms with van der Waals surface area (Å²) in [4.78, 5) is 25.0. The van der Waals surface area contributed by atoms with Gasteiger partial charge in [0.2, 0.25) is 0 Å². The van der Waals surface area contributed by atoms with Crippen molar-refractivity contribution in [3.8, 4) is 0 Å². The standard InChI is InChI=1S/C17H21N5O/c1-13-18-8-7-16(19-13)17(23)20-14-3-5-15(6-4-14)22-11-9-21(2)10-12-22/h3-8H,9-12H2,1-2H3,(H,20,23). The molecule has 0 aliphatic carbocycles. The molecule has 3 rings (SSSR count). The van der Waals surface area contributed by atoms with Gasteiger partial charge in [0.25, 0.3) is 5.91 Å². The second-order valence-corrected chi connectivity index (χ2v) is 5.78. The Morgan fingerprint density at radius 2 is 1.78 bits per heavy atom. The maximum absolute atomic E-state index is 12.2. The van der Waals surface area contributed by atoms with Gasteiger partial charge in [-0.2, -0.15) is 0 Å². The van der Waals surface area contributed by atoms with Crippen LogP contribution in [0.15, 0.2) is 36.5 Å². The van der Waals surface area contributed by atoms with Crippen molar-refractivity contribution in [2.45, 2.75) is 6.92 Å². The summed E-state index contributed by atoms with van der Waals surface area (Å²) in [5.41, 5.74) is 2.33. The summed E-state index contributed by atoms with van der Waals surface area (Å²) in [6.07, 6.45) is 1.59. The van der Waals surface area contributed by atoms with Crippen LogP contribution in [0.4, 0.5) is 11.4 Å². The van der Waals surface area contributed by atoms with E-state index in [2.05, 4.69) is 32.1 Å². The zero-order valence-electron chi connectivity index (χ0n) is 13.5. The number of hydrogen-bond acceptors (Lipinski definition) is 5. The number of hydrogen-bond donors (Lipinski definition) is 1. The lowest BCUT2D eigenvalue weighted by atomic mass is 10.2. The van der Waals surface area contributed by atoms with E-state index in [4.69, 9.17) is 0 Å². The zero-order chi connectivity index (χ0) is 16.2. The normalized spacial score (nSPS) is 15.5. The van der Waals surface area contributed by atoms with Crippen LogP contribution in [0.1, 0.15) is 16.3 Å². The lowest BCUT2D eigenvalue weighted by Gasteiger charge is -2.34. The molecule has 0 saturated carbocycles. The number of nitrogens with one attached hydrogen (secondary N) is 1. The van der Waals surface area contributed by atoms with Crippen LogP contribution in [0, 0.1) is 6.92 Å². The van der Waals surface area contributed by atoms with Crippen LogP contribution >= 0.6 is 0 Å². The molecule has 2 aromatic rings. The number of piperazine rings is 1. The van der Waals surface area contributed by atoms with Crippen molar-refractivity contribution in [1.82, 2.24) is 14.9 Å². The number of nitrogens with zero attached hydrogens (tertiary/aromatic N) is 4. The molecular weight excluding hydrogens is 290 g/mol. The fourth-order valence-corrected chi connectivity index (χ4v) is 2.60. The third kappa shape index (κ3) is 3.84. The molecule has 1 N–H and O–H groups in total. The molecule has 23 heavy (non-hydrogen) atoms. The van der Waals surface area contributed by atoms with E-state index in [-0.39, 0.29) is 5.91 Å². The number of carbonyl (C=O) groups excluding carboxylic acids is 1. The second-order valence-electron chi connectivity index (χ2n) is 5.78. The Hall–Kier alpha value is -2.47. The molecule has 2 heterocycles. The average molecular weight is 311 g/mol. The first-order valence-corrected chi connectivity index (χ1v) is 7.76. The Morgan fingerprint density at radius 1 is 1.09 bits per heavy atom. The smallest absolute Gasteiger partial charge is 0.274 e. The van der Waals surface area contributed by atoms with Gasteiger partial charge >= 0.3 is 0 Å². The number of likely N-dealkylation sites (N-methyl/N-ethyl adjacent to an activating group) is 1. The van der Waals surface area contributed by atoms with E-state index < -0.39 is 0 Å². The predicted molar refractivity (Wildman–Crippen MR) is 90.9 cm³/mol. The number of rotatable bonds is 3. The van der Waals surface area contributed by atoms with Crippen LogP contribution in [0.3, 0.4) is 0 Å². The predicted octanol–water partition coefficient (Wildman–Crippen LogP) is 1.79. The second kappa shape index (κ2) is 6.75. The third-order valence-corrected chi connectivity index (χ3v) is 4.00. The lowest BCUT2D eigenvalue weighted by Crippen LogP contribution is -2.44. The molecule has 1 saturated heterocycles. The summed E-state index contributed by atoms with van der Waals surface area (Å²) in [6, 6.07) is 9.57. The van der Waals surface area contributed by atoms with E-state index in [1.807, 2.05) is 24.3 Å². The molecule has 0 spiro atoms. The highest BCUT2D eigenvalue weighted by Crippen LogP contribution is 2.19. The Balaban J connectivity index is 1.64. The van der Waals surface area contributed by atoms with E-state index in [0.717, 1.165) is 31.9 Å². The first kappa shape index (κ1) is 15.4. The van der Waals surface area contributed by atoms with Crippen LogP contribution < -0.4 is 10.2 Å². The van der Waals surface area contributed by atoms with E-state index in [1.165, 1.54) is 5.69 Å². The third-order valence-electron chi connectivity index (χ3n) is 4.00. The quantitative estimate of drug-likeness (QED) is 0.936. The first-order valence-electron chi connectivity index (χ1n) is 7.76. The van der Waals surface area contributed by atoms with Gasteiger partial charge in [-0.15, -0.1) is 0 Å². The monoisotopic (exact) mass is 311 g/mol. The molecule has 1 fully saturated rings. The van der Waals surface area contributed by atoms with Crippen molar-refractivity contribution in [2.24, 2.45) is 0 Å². The Kier molecular flexibility index (Phi) is 4.52. The summed E-state index contributed by atoms with van der Waals surface area (Å²) < 4.78 is 0. The van der Waals surface area contributed by atoms with E-state index in [0.29, 0.717) is 11.5 Å². The highest BCUT2D eigenvalue weighted by Gasteiger charge is 2.14. The molecule has 0 bridgehead atoms. The fourth-order valence-electron chi connectivity index (χ4n) is 2.60. The molecule has 0 unspecified atom stereocenters. The number of amides is 1. The molecule has 1 aliphatic rings. The first-order chi connectivity index (χ1) is 11.1. The number of carbonyl (C=O) groups is 1. The van der Waals surface area contributed by atoms with Gasteiger partial charge in [0.15, 0.2) is 0 Å². The van der Waals surface area contributed by atoms with E-state index in [9.17, 15) is 4.79 Å². The van der Waals surface area contributed by atoms with E-state index >= 15 is 0 Å². The SMILES string of the molecule is Cc1nccc(C(=O)Nc2ccc(N3CCN(C)CC3)cc2)n1. The molecular formula is C17H21N5O. The van der Waals surface area contributed by atoms with Crippen LogP contribution in [0.2, 0.25) is 0 Å². The number of anilines is 2. The molecule has 120 valence electrons. The number of aromatic nitrogens is 2. The Bertz CT molecular complexity index is 678. The summed E-state index contributed by atoms with van der Waals surface area (Å²) >= 11 is 0. The summed E-state index contributed by atoms with van der Waals surface area (Å²) in [6.45, 7) is 5.98. The van der Waals surface area contributed by atoms with Crippen molar-refractivity contribution in [3.63, 3.8) is 0 Å². The highest BCUT2D eigenvalue weighted by molar-refractivity contribution is 6.02.